The molecule has 0 aliphatic carbocycles. The van der Waals surface area contributed by atoms with Gasteiger partial charge in [0, 0.05) is 30.9 Å². The average molecular weight is 382 g/mol. The molecule has 0 atom stereocenters. The van der Waals surface area contributed by atoms with Gasteiger partial charge in [0.15, 0.2) is 0 Å². The molecule has 124 valence electrons. The number of benzene rings is 1. The third kappa shape index (κ3) is 2.97. The predicted octanol–water partition coefficient (Wildman–Crippen LogP) is 3.23. The standard InChI is InChI=1S/C16H13Cl2N3O2S/c1-20-14-13(15(22)21(2)16(20)23)12(5-6-19-14)24-8-9-3-4-10(17)11(18)7-9/h3-7H,8H2,1-2H3. The van der Waals surface area contributed by atoms with E-state index in [1.165, 1.54) is 23.4 Å². The topological polar surface area (TPSA) is 56.9 Å². The lowest BCUT2D eigenvalue weighted by Crippen LogP contribution is -2.37. The monoisotopic (exact) mass is 381 g/mol. The summed E-state index contributed by atoms with van der Waals surface area (Å²) in [7, 11) is 3.06. The summed E-state index contributed by atoms with van der Waals surface area (Å²) in [5.41, 5.74) is 0.618. The van der Waals surface area contributed by atoms with Crippen LogP contribution in [0.2, 0.25) is 10.0 Å². The van der Waals surface area contributed by atoms with E-state index in [0.29, 0.717) is 26.8 Å². The number of aromatic nitrogens is 3. The zero-order valence-electron chi connectivity index (χ0n) is 12.9. The van der Waals surface area contributed by atoms with Gasteiger partial charge in [0.1, 0.15) is 5.65 Å². The molecule has 0 unspecified atom stereocenters. The van der Waals surface area contributed by atoms with Crippen LogP contribution in [0.1, 0.15) is 5.56 Å². The largest absolute Gasteiger partial charge is 0.332 e. The summed E-state index contributed by atoms with van der Waals surface area (Å²) in [6.07, 6.45) is 1.60. The van der Waals surface area contributed by atoms with Crippen LogP contribution in [0, 0.1) is 0 Å². The first-order valence-corrected chi connectivity index (χ1v) is 8.75. The van der Waals surface area contributed by atoms with Gasteiger partial charge >= 0.3 is 5.69 Å². The second-order valence-corrected chi connectivity index (χ2v) is 7.08. The first-order chi connectivity index (χ1) is 11.4. The first-order valence-electron chi connectivity index (χ1n) is 7.01. The number of halogens is 2. The molecule has 0 N–H and O–H groups in total. The van der Waals surface area contributed by atoms with E-state index in [0.717, 1.165) is 15.0 Å². The number of hydrogen-bond donors (Lipinski definition) is 0. The van der Waals surface area contributed by atoms with Crippen molar-refractivity contribution in [2.24, 2.45) is 14.1 Å². The van der Waals surface area contributed by atoms with E-state index in [4.69, 9.17) is 23.2 Å². The molecule has 0 aliphatic rings. The fraction of sp³-hybridized carbons (Fsp3) is 0.188. The van der Waals surface area contributed by atoms with Crippen molar-refractivity contribution in [2.45, 2.75) is 10.6 Å². The molecule has 0 saturated heterocycles. The van der Waals surface area contributed by atoms with Crippen LogP contribution < -0.4 is 11.2 Å². The molecule has 1 aromatic carbocycles. The number of fused-ring (bicyclic) bond motifs is 1. The SMILES string of the molecule is Cn1c(=O)c2c(SCc3ccc(Cl)c(Cl)c3)ccnc2n(C)c1=O. The molecule has 0 saturated carbocycles. The van der Waals surface area contributed by atoms with Gasteiger partial charge in [-0.15, -0.1) is 11.8 Å². The minimum Gasteiger partial charge on any atom is -0.280 e. The molecule has 5 nitrogen and oxygen atoms in total. The maximum absolute atomic E-state index is 12.5. The van der Waals surface area contributed by atoms with Crippen molar-refractivity contribution in [3.05, 3.63) is 66.9 Å². The van der Waals surface area contributed by atoms with E-state index in [1.807, 2.05) is 6.07 Å². The molecule has 0 spiro atoms. The zero-order chi connectivity index (χ0) is 17.4. The number of hydrogen-bond acceptors (Lipinski definition) is 4. The Morgan fingerprint density at radius 2 is 1.83 bits per heavy atom. The van der Waals surface area contributed by atoms with Crippen molar-refractivity contribution in [2.75, 3.05) is 0 Å². The van der Waals surface area contributed by atoms with Crippen LogP contribution in [0.25, 0.3) is 11.0 Å². The van der Waals surface area contributed by atoms with Gasteiger partial charge in [-0.05, 0) is 23.8 Å². The van der Waals surface area contributed by atoms with E-state index in [9.17, 15) is 9.59 Å². The summed E-state index contributed by atoms with van der Waals surface area (Å²) < 4.78 is 2.47. The first kappa shape index (κ1) is 17.1. The number of rotatable bonds is 3. The normalized spacial score (nSPS) is 11.2. The fourth-order valence-electron chi connectivity index (χ4n) is 2.37. The third-order valence-electron chi connectivity index (χ3n) is 3.68. The summed E-state index contributed by atoms with van der Waals surface area (Å²) in [5, 5.41) is 1.43. The highest BCUT2D eigenvalue weighted by Gasteiger charge is 2.13. The van der Waals surface area contributed by atoms with Crippen LogP contribution in [0.3, 0.4) is 0 Å². The van der Waals surface area contributed by atoms with Crippen molar-refractivity contribution >= 4 is 46.0 Å². The van der Waals surface area contributed by atoms with Gasteiger partial charge in [0.05, 0.1) is 15.4 Å². The second kappa shape index (κ2) is 6.63. The lowest BCUT2D eigenvalue weighted by atomic mass is 10.2. The summed E-state index contributed by atoms with van der Waals surface area (Å²) in [5.74, 6) is 0.613. The molecule has 3 rings (SSSR count). The molecule has 0 aliphatic heterocycles. The maximum atomic E-state index is 12.5. The lowest BCUT2D eigenvalue weighted by molar-refractivity contribution is 0.706. The van der Waals surface area contributed by atoms with E-state index in [2.05, 4.69) is 4.98 Å². The molecule has 0 fully saturated rings. The Labute approximate surface area is 151 Å². The van der Waals surface area contributed by atoms with Crippen molar-refractivity contribution in [3.8, 4) is 0 Å². The highest BCUT2D eigenvalue weighted by Crippen LogP contribution is 2.29. The van der Waals surface area contributed by atoms with Crippen LogP contribution >= 0.6 is 35.0 Å². The lowest BCUT2D eigenvalue weighted by Gasteiger charge is -2.10. The molecule has 3 aromatic rings. The Morgan fingerprint density at radius 1 is 1.08 bits per heavy atom. The highest BCUT2D eigenvalue weighted by molar-refractivity contribution is 7.98. The summed E-state index contributed by atoms with van der Waals surface area (Å²) in [6.45, 7) is 0. The summed E-state index contributed by atoms with van der Waals surface area (Å²) in [6, 6.07) is 7.20. The molecule has 2 aromatic heterocycles. The van der Waals surface area contributed by atoms with Crippen molar-refractivity contribution in [1.29, 1.82) is 0 Å². The Bertz CT molecular complexity index is 1060. The Morgan fingerprint density at radius 3 is 2.54 bits per heavy atom. The Kier molecular flexibility index (Phi) is 4.71. The number of aryl methyl sites for hydroxylation is 1. The summed E-state index contributed by atoms with van der Waals surface area (Å²) >= 11 is 13.4. The molecule has 2 heterocycles. The third-order valence-corrected chi connectivity index (χ3v) is 5.55. The summed E-state index contributed by atoms with van der Waals surface area (Å²) in [4.78, 5) is 29.5. The molecular formula is C16H13Cl2N3O2S. The molecule has 0 amide bonds. The Hall–Kier alpha value is -1.76. The van der Waals surface area contributed by atoms with Gasteiger partial charge in [0.2, 0.25) is 0 Å². The van der Waals surface area contributed by atoms with E-state index in [1.54, 1.807) is 31.4 Å². The van der Waals surface area contributed by atoms with Crippen LogP contribution in [0.15, 0.2) is 44.9 Å². The van der Waals surface area contributed by atoms with Crippen LogP contribution in [0.5, 0.6) is 0 Å². The highest BCUT2D eigenvalue weighted by atomic mass is 35.5. The zero-order valence-corrected chi connectivity index (χ0v) is 15.2. The van der Waals surface area contributed by atoms with Crippen LogP contribution in [-0.2, 0) is 19.8 Å². The average Bonchev–Trinajstić information content (AvgIpc) is 2.58. The van der Waals surface area contributed by atoms with Crippen LogP contribution in [0.4, 0.5) is 0 Å². The number of nitrogens with zero attached hydrogens (tertiary/aromatic N) is 3. The van der Waals surface area contributed by atoms with E-state index >= 15 is 0 Å². The van der Waals surface area contributed by atoms with Gasteiger partial charge in [-0.2, -0.15) is 0 Å². The quantitative estimate of drug-likeness (QED) is 0.653. The van der Waals surface area contributed by atoms with Gasteiger partial charge in [0.25, 0.3) is 5.56 Å². The second-order valence-electron chi connectivity index (χ2n) is 5.25. The molecule has 0 radical (unpaired) electrons. The van der Waals surface area contributed by atoms with Gasteiger partial charge in [-0.1, -0.05) is 29.3 Å². The van der Waals surface area contributed by atoms with Crippen molar-refractivity contribution in [1.82, 2.24) is 14.1 Å². The minimum atomic E-state index is -0.397. The molecular weight excluding hydrogens is 369 g/mol. The van der Waals surface area contributed by atoms with E-state index < -0.39 is 5.69 Å². The maximum Gasteiger partial charge on any atom is 0.332 e. The smallest absolute Gasteiger partial charge is 0.280 e. The van der Waals surface area contributed by atoms with E-state index in [-0.39, 0.29) is 5.56 Å². The molecule has 24 heavy (non-hydrogen) atoms. The molecule has 0 bridgehead atoms. The van der Waals surface area contributed by atoms with Crippen molar-refractivity contribution < 1.29 is 0 Å². The Balaban J connectivity index is 2.05. The van der Waals surface area contributed by atoms with Crippen LogP contribution in [-0.4, -0.2) is 14.1 Å². The fourth-order valence-corrected chi connectivity index (χ4v) is 3.67. The minimum absolute atomic E-state index is 0.349. The molecule has 8 heteroatoms. The number of thioether (sulfide) groups is 1. The predicted molar refractivity (Wildman–Crippen MR) is 98.2 cm³/mol. The van der Waals surface area contributed by atoms with Gasteiger partial charge in [-0.25, -0.2) is 9.78 Å². The number of pyridine rings is 1. The van der Waals surface area contributed by atoms with Gasteiger partial charge < -0.3 is 0 Å². The van der Waals surface area contributed by atoms with Crippen molar-refractivity contribution in [3.63, 3.8) is 0 Å². The van der Waals surface area contributed by atoms with Gasteiger partial charge in [-0.3, -0.25) is 13.9 Å².